The first-order valence-corrected chi connectivity index (χ1v) is 11.9. The van der Waals surface area contributed by atoms with Crippen molar-refractivity contribution >= 4 is 33.9 Å². The summed E-state index contributed by atoms with van der Waals surface area (Å²) in [5.74, 6) is -0.564. The van der Waals surface area contributed by atoms with E-state index < -0.39 is 5.97 Å². The molecular formula is C26H29N3O3S. The molecule has 1 N–H and O–H groups in total. The van der Waals surface area contributed by atoms with Gasteiger partial charge >= 0.3 is 5.97 Å². The molecule has 0 radical (unpaired) electrons. The van der Waals surface area contributed by atoms with E-state index in [1.54, 1.807) is 0 Å². The molecule has 0 saturated carbocycles. The van der Waals surface area contributed by atoms with Crippen LogP contribution in [-0.4, -0.2) is 56.6 Å². The molecule has 2 heterocycles. The second-order valence-electron chi connectivity index (χ2n) is 8.19. The van der Waals surface area contributed by atoms with Crippen molar-refractivity contribution in [3.8, 4) is 11.1 Å². The number of ether oxygens (including phenoxy) is 1. The van der Waals surface area contributed by atoms with E-state index in [1.807, 2.05) is 37.3 Å². The van der Waals surface area contributed by atoms with Gasteiger partial charge in [0.15, 0.2) is 0 Å². The summed E-state index contributed by atoms with van der Waals surface area (Å²) in [5, 5.41) is 3.52. The highest BCUT2D eigenvalue weighted by Gasteiger charge is 2.26. The number of carbonyl (C=O) groups is 2. The number of rotatable bonds is 6. The van der Waals surface area contributed by atoms with Crippen molar-refractivity contribution in [2.45, 2.75) is 13.8 Å². The van der Waals surface area contributed by atoms with Crippen LogP contribution in [0.15, 0.2) is 54.6 Å². The average Bonchev–Trinajstić information content (AvgIpc) is 3.15. The van der Waals surface area contributed by atoms with Gasteiger partial charge in [-0.2, -0.15) is 0 Å². The molecule has 1 aliphatic rings. The number of esters is 1. The Balaban J connectivity index is 1.44. The lowest BCUT2D eigenvalue weighted by Gasteiger charge is -2.36. The number of anilines is 2. The molecule has 1 amide bonds. The number of carbonyl (C=O) groups excluding carboxylic acids is 2. The van der Waals surface area contributed by atoms with E-state index in [-0.39, 0.29) is 5.91 Å². The van der Waals surface area contributed by atoms with Crippen LogP contribution in [0.1, 0.15) is 20.8 Å². The second-order valence-corrected chi connectivity index (χ2v) is 9.42. The zero-order chi connectivity index (χ0) is 23.4. The minimum absolute atomic E-state index is 0.120. The Morgan fingerprint density at radius 1 is 0.970 bits per heavy atom. The number of benzene rings is 2. The van der Waals surface area contributed by atoms with E-state index in [2.05, 4.69) is 46.3 Å². The van der Waals surface area contributed by atoms with Crippen molar-refractivity contribution in [3.63, 3.8) is 0 Å². The Kier molecular flexibility index (Phi) is 7.11. The number of thiophene rings is 1. The molecule has 6 nitrogen and oxygen atoms in total. The summed E-state index contributed by atoms with van der Waals surface area (Å²) in [6.07, 6.45) is 0. The quantitative estimate of drug-likeness (QED) is 0.542. The number of methoxy groups -OCH3 is 1. The van der Waals surface area contributed by atoms with Gasteiger partial charge in [0.25, 0.3) is 0 Å². The van der Waals surface area contributed by atoms with Crippen molar-refractivity contribution in [3.05, 3.63) is 70.6 Å². The van der Waals surface area contributed by atoms with Crippen LogP contribution in [0.5, 0.6) is 0 Å². The maximum atomic E-state index is 12.9. The Morgan fingerprint density at radius 2 is 1.64 bits per heavy atom. The van der Waals surface area contributed by atoms with Gasteiger partial charge in [0.05, 0.1) is 13.7 Å². The Morgan fingerprint density at radius 3 is 2.30 bits per heavy atom. The van der Waals surface area contributed by atoms with Crippen molar-refractivity contribution in [1.29, 1.82) is 0 Å². The number of para-hydroxylation sites is 1. The van der Waals surface area contributed by atoms with E-state index in [4.69, 9.17) is 4.74 Å². The summed E-state index contributed by atoms with van der Waals surface area (Å²) in [5.41, 5.74) is 4.69. The van der Waals surface area contributed by atoms with E-state index >= 15 is 0 Å². The van der Waals surface area contributed by atoms with Crippen molar-refractivity contribution in [1.82, 2.24) is 4.90 Å². The smallest absolute Gasteiger partial charge is 0.341 e. The van der Waals surface area contributed by atoms with E-state index in [0.717, 1.165) is 42.2 Å². The molecule has 2 aromatic carbocycles. The SMILES string of the molecule is COC(=O)c1c(NC(=O)CN2CCN(c3ccccc3C)CC2)sc(C)c1-c1ccccc1. The molecule has 1 saturated heterocycles. The first-order chi connectivity index (χ1) is 16.0. The Labute approximate surface area is 198 Å². The molecule has 0 unspecified atom stereocenters. The minimum atomic E-state index is -0.444. The molecule has 0 aliphatic carbocycles. The molecular weight excluding hydrogens is 434 g/mol. The average molecular weight is 464 g/mol. The zero-order valence-corrected chi connectivity index (χ0v) is 20.1. The first kappa shape index (κ1) is 23.0. The highest BCUT2D eigenvalue weighted by atomic mass is 32.1. The molecule has 172 valence electrons. The molecule has 1 aliphatic heterocycles. The van der Waals surface area contributed by atoms with Crippen LogP contribution in [0.25, 0.3) is 11.1 Å². The molecule has 1 aromatic heterocycles. The molecule has 33 heavy (non-hydrogen) atoms. The third-order valence-corrected chi connectivity index (χ3v) is 7.01. The van der Waals surface area contributed by atoms with E-state index in [0.29, 0.717) is 17.1 Å². The third-order valence-electron chi connectivity index (χ3n) is 5.98. The van der Waals surface area contributed by atoms with Gasteiger partial charge in [-0.05, 0) is 31.0 Å². The molecule has 0 bridgehead atoms. The molecule has 4 rings (SSSR count). The van der Waals surface area contributed by atoms with Gasteiger partial charge in [-0.15, -0.1) is 11.3 Å². The molecule has 0 atom stereocenters. The Hall–Kier alpha value is -3.16. The van der Waals surface area contributed by atoms with E-state index in [1.165, 1.54) is 29.7 Å². The summed E-state index contributed by atoms with van der Waals surface area (Å²) < 4.78 is 5.05. The van der Waals surface area contributed by atoms with Gasteiger partial charge in [-0.25, -0.2) is 4.79 Å². The molecule has 1 fully saturated rings. The van der Waals surface area contributed by atoms with Crippen LogP contribution in [0, 0.1) is 13.8 Å². The number of nitrogens with one attached hydrogen (secondary N) is 1. The number of piperazine rings is 1. The fourth-order valence-electron chi connectivity index (χ4n) is 4.32. The summed E-state index contributed by atoms with van der Waals surface area (Å²) in [6, 6.07) is 18.1. The van der Waals surface area contributed by atoms with Crippen LogP contribution >= 0.6 is 11.3 Å². The number of hydrogen-bond acceptors (Lipinski definition) is 6. The topological polar surface area (TPSA) is 61.9 Å². The maximum absolute atomic E-state index is 12.9. The van der Waals surface area contributed by atoms with Crippen molar-refractivity contribution < 1.29 is 14.3 Å². The second kappa shape index (κ2) is 10.2. The fraction of sp³-hybridized carbons (Fsp3) is 0.308. The van der Waals surface area contributed by atoms with Gasteiger partial charge in [-0.3, -0.25) is 9.69 Å². The monoisotopic (exact) mass is 463 g/mol. The minimum Gasteiger partial charge on any atom is -0.465 e. The van der Waals surface area contributed by atoms with E-state index in [9.17, 15) is 9.59 Å². The zero-order valence-electron chi connectivity index (χ0n) is 19.3. The lowest BCUT2D eigenvalue weighted by Crippen LogP contribution is -2.48. The first-order valence-electron chi connectivity index (χ1n) is 11.1. The summed E-state index contributed by atoms with van der Waals surface area (Å²) in [7, 11) is 1.36. The predicted octanol–water partition coefficient (Wildman–Crippen LogP) is 4.58. The van der Waals surface area contributed by atoms with Gasteiger partial charge < -0.3 is 15.0 Å². The number of nitrogens with zero attached hydrogens (tertiary/aromatic N) is 2. The highest BCUT2D eigenvalue weighted by Crippen LogP contribution is 2.40. The normalized spacial score (nSPS) is 14.2. The molecule has 3 aromatic rings. The number of hydrogen-bond donors (Lipinski definition) is 1. The number of amides is 1. The largest absolute Gasteiger partial charge is 0.465 e. The summed E-state index contributed by atoms with van der Waals surface area (Å²) in [6.45, 7) is 7.75. The van der Waals surface area contributed by atoms with Gasteiger partial charge in [0.1, 0.15) is 10.6 Å². The summed E-state index contributed by atoms with van der Waals surface area (Å²) in [4.78, 5) is 31.0. The molecule has 0 spiro atoms. The highest BCUT2D eigenvalue weighted by molar-refractivity contribution is 7.17. The van der Waals surface area contributed by atoms with Crippen LogP contribution in [0.4, 0.5) is 10.7 Å². The predicted molar refractivity (Wildman–Crippen MR) is 134 cm³/mol. The fourth-order valence-corrected chi connectivity index (χ4v) is 5.40. The lowest BCUT2D eigenvalue weighted by atomic mass is 10.0. The standard InChI is InChI=1S/C26H29N3O3S/c1-18-9-7-8-12-21(18)29-15-13-28(14-16-29)17-22(30)27-25-24(26(31)32-3)23(19(2)33-25)20-10-5-4-6-11-20/h4-12H,13-17H2,1-3H3,(H,27,30). The van der Waals surface area contributed by atoms with Crippen LogP contribution < -0.4 is 10.2 Å². The Bertz CT molecular complexity index is 1130. The van der Waals surface area contributed by atoms with Crippen LogP contribution in [0.2, 0.25) is 0 Å². The molecule has 7 heteroatoms. The maximum Gasteiger partial charge on any atom is 0.341 e. The van der Waals surface area contributed by atoms with Crippen molar-refractivity contribution in [2.24, 2.45) is 0 Å². The van der Waals surface area contributed by atoms with Crippen molar-refractivity contribution in [2.75, 3.05) is 50.1 Å². The summed E-state index contributed by atoms with van der Waals surface area (Å²) >= 11 is 1.41. The van der Waals surface area contributed by atoms with Gasteiger partial charge in [-0.1, -0.05) is 48.5 Å². The van der Waals surface area contributed by atoms with Crippen LogP contribution in [-0.2, 0) is 9.53 Å². The number of aryl methyl sites for hydroxylation is 2. The van der Waals surface area contributed by atoms with Gasteiger partial charge in [0, 0.05) is 42.3 Å². The van der Waals surface area contributed by atoms with Gasteiger partial charge in [0.2, 0.25) is 5.91 Å². The third kappa shape index (κ3) is 5.10. The van der Waals surface area contributed by atoms with Crippen LogP contribution in [0.3, 0.4) is 0 Å². The lowest BCUT2D eigenvalue weighted by molar-refractivity contribution is -0.117.